The minimum Gasteiger partial charge on any atom is -0.349 e. The monoisotopic (exact) mass is 460 g/mol. The molecule has 4 aliphatic rings. The lowest BCUT2D eigenvalue weighted by Crippen LogP contribution is -3.06. The van der Waals surface area contributed by atoms with E-state index in [0.29, 0.717) is 12.1 Å². The number of carbonyl (C=O) groups is 2. The molecule has 4 fully saturated rings. The Hall–Kier alpha value is -2.66. The molecule has 2 aromatic rings. The van der Waals surface area contributed by atoms with Gasteiger partial charge < -0.3 is 15.5 Å². The number of carbonyl (C=O) groups excluding carboxylic acids is 2. The first-order chi connectivity index (χ1) is 16.4. The number of hydrogen-bond donors (Lipinski definition) is 3. The van der Waals surface area contributed by atoms with Crippen LogP contribution in [0.4, 0.5) is 0 Å². The molecule has 3 N–H and O–H groups in total. The number of benzene rings is 2. The molecular formula is C29H38N3O2+. The minimum absolute atomic E-state index is 0.00236. The van der Waals surface area contributed by atoms with Crippen molar-refractivity contribution < 1.29 is 14.5 Å². The Kier molecular flexibility index (Phi) is 6.48. The topological polar surface area (TPSA) is 62.6 Å². The molecule has 2 aromatic carbocycles. The van der Waals surface area contributed by atoms with E-state index in [-0.39, 0.29) is 17.2 Å². The predicted octanol–water partition coefficient (Wildman–Crippen LogP) is 2.93. The molecule has 4 saturated carbocycles. The summed E-state index contributed by atoms with van der Waals surface area (Å²) in [6.45, 7) is 1.50. The van der Waals surface area contributed by atoms with E-state index in [1.54, 1.807) is 0 Å². The van der Waals surface area contributed by atoms with Crippen molar-refractivity contribution in [3.8, 4) is 11.1 Å². The zero-order valence-electron chi connectivity index (χ0n) is 20.5. The van der Waals surface area contributed by atoms with Gasteiger partial charge in [0.1, 0.15) is 6.04 Å². The highest BCUT2D eigenvalue weighted by Gasteiger charge is 2.56. The van der Waals surface area contributed by atoms with E-state index >= 15 is 0 Å². The maximum absolute atomic E-state index is 13.5. The van der Waals surface area contributed by atoms with Gasteiger partial charge in [-0.3, -0.25) is 9.59 Å². The van der Waals surface area contributed by atoms with Gasteiger partial charge in [-0.1, -0.05) is 42.5 Å². The largest absolute Gasteiger partial charge is 0.349 e. The first kappa shape index (κ1) is 23.1. The lowest BCUT2D eigenvalue weighted by Gasteiger charge is -2.58. The molecule has 0 spiro atoms. The molecule has 5 heteroatoms. The summed E-state index contributed by atoms with van der Waals surface area (Å²) in [6, 6.07) is 17.4. The maximum Gasteiger partial charge on any atom is 0.251 e. The van der Waals surface area contributed by atoms with Crippen LogP contribution in [0.25, 0.3) is 11.1 Å². The summed E-state index contributed by atoms with van der Waals surface area (Å²) in [5, 5.41) is 6.38. The quantitative estimate of drug-likeness (QED) is 0.567. The SMILES string of the molecule is C[NH+](C)CCNC(=O)[C@H](NC(=O)c1ccc(-c2ccccc2)cc1)C12CC3CC(CC(C3)C1)C2. The molecule has 0 unspecified atom stereocenters. The Labute approximate surface area is 203 Å². The number of rotatable bonds is 8. The maximum atomic E-state index is 13.5. The number of amides is 2. The molecule has 0 saturated heterocycles. The molecule has 180 valence electrons. The van der Waals surface area contributed by atoms with Crippen LogP contribution in [0.1, 0.15) is 48.9 Å². The van der Waals surface area contributed by atoms with Gasteiger partial charge in [-0.25, -0.2) is 0 Å². The fraction of sp³-hybridized carbons (Fsp3) is 0.517. The molecule has 34 heavy (non-hydrogen) atoms. The molecule has 2 amide bonds. The number of hydrogen-bond acceptors (Lipinski definition) is 2. The van der Waals surface area contributed by atoms with E-state index in [2.05, 4.69) is 36.9 Å². The van der Waals surface area contributed by atoms with Gasteiger partial charge in [-0.2, -0.15) is 0 Å². The average Bonchev–Trinajstić information content (AvgIpc) is 2.82. The zero-order chi connectivity index (χ0) is 23.7. The van der Waals surface area contributed by atoms with Crippen LogP contribution < -0.4 is 15.5 Å². The zero-order valence-corrected chi connectivity index (χ0v) is 20.5. The van der Waals surface area contributed by atoms with Crippen molar-refractivity contribution in [1.82, 2.24) is 10.6 Å². The van der Waals surface area contributed by atoms with Crippen molar-refractivity contribution in [3.05, 3.63) is 60.2 Å². The molecule has 4 aliphatic carbocycles. The van der Waals surface area contributed by atoms with Crippen molar-refractivity contribution in [2.45, 2.75) is 44.6 Å². The second kappa shape index (κ2) is 9.53. The van der Waals surface area contributed by atoms with Crippen LogP contribution in [0.5, 0.6) is 0 Å². The van der Waals surface area contributed by atoms with Gasteiger partial charge in [0.2, 0.25) is 5.91 Å². The van der Waals surface area contributed by atoms with Crippen LogP contribution >= 0.6 is 0 Å². The summed E-state index contributed by atoms with van der Waals surface area (Å²) in [7, 11) is 4.17. The first-order valence-electron chi connectivity index (χ1n) is 12.9. The minimum atomic E-state index is -0.459. The standard InChI is InChI=1S/C29H37N3O2/c1-32(2)13-12-30-28(34)26(29-17-20-14-21(18-29)16-22(15-20)19-29)31-27(33)25-10-8-24(9-11-25)23-6-4-3-5-7-23/h3-11,20-22,26H,12-19H2,1-2H3,(H,30,34)(H,31,33)/p+1/t20?,21?,22?,26-,29?/m0/s1. The molecular weight excluding hydrogens is 422 g/mol. The van der Waals surface area contributed by atoms with Gasteiger partial charge in [-0.05, 0) is 79.5 Å². The molecule has 5 nitrogen and oxygen atoms in total. The smallest absolute Gasteiger partial charge is 0.251 e. The van der Waals surface area contributed by atoms with Gasteiger partial charge in [0.25, 0.3) is 5.91 Å². The number of quaternary nitrogens is 1. The summed E-state index contributed by atoms with van der Waals surface area (Å²) in [5.41, 5.74) is 2.73. The van der Waals surface area contributed by atoms with Crippen LogP contribution in [-0.4, -0.2) is 45.0 Å². The summed E-state index contributed by atoms with van der Waals surface area (Å²) < 4.78 is 0. The van der Waals surface area contributed by atoms with Gasteiger partial charge in [0.05, 0.1) is 27.2 Å². The highest BCUT2D eigenvalue weighted by Crippen LogP contribution is 2.61. The molecule has 6 rings (SSSR count). The summed E-state index contributed by atoms with van der Waals surface area (Å²) in [5.74, 6) is 2.01. The second-order valence-corrected chi connectivity index (χ2v) is 11.4. The fourth-order valence-corrected chi connectivity index (χ4v) is 7.22. The predicted molar refractivity (Wildman–Crippen MR) is 134 cm³/mol. The van der Waals surface area contributed by atoms with Crippen LogP contribution in [-0.2, 0) is 4.79 Å². The van der Waals surface area contributed by atoms with E-state index in [1.807, 2.05) is 42.5 Å². The van der Waals surface area contributed by atoms with Crippen LogP contribution in [0.15, 0.2) is 54.6 Å². The average molecular weight is 461 g/mol. The molecule has 0 heterocycles. The molecule has 1 atom stereocenters. The Balaban J connectivity index is 1.35. The van der Waals surface area contributed by atoms with E-state index in [4.69, 9.17) is 0 Å². The summed E-state index contributed by atoms with van der Waals surface area (Å²) in [4.78, 5) is 28.2. The fourth-order valence-electron chi connectivity index (χ4n) is 7.22. The number of nitrogens with one attached hydrogen (secondary N) is 3. The van der Waals surface area contributed by atoms with E-state index < -0.39 is 6.04 Å². The van der Waals surface area contributed by atoms with Gasteiger partial charge in [0.15, 0.2) is 0 Å². The highest BCUT2D eigenvalue weighted by molar-refractivity contribution is 5.98. The first-order valence-corrected chi connectivity index (χ1v) is 12.9. The molecule has 0 aromatic heterocycles. The van der Waals surface area contributed by atoms with E-state index in [9.17, 15) is 9.59 Å². The van der Waals surface area contributed by atoms with Crippen molar-refractivity contribution in [2.75, 3.05) is 27.2 Å². The molecule has 4 bridgehead atoms. The lowest BCUT2D eigenvalue weighted by molar-refractivity contribution is -0.856. The Morgan fingerprint density at radius 3 is 2.00 bits per heavy atom. The molecule has 0 radical (unpaired) electrons. The van der Waals surface area contributed by atoms with Crippen molar-refractivity contribution in [1.29, 1.82) is 0 Å². The Bertz CT molecular complexity index is 980. The Morgan fingerprint density at radius 1 is 0.882 bits per heavy atom. The van der Waals surface area contributed by atoms with Crippen LogP contribution in [0.2, 0.25) is 0 Å². The summed E-state index contributed by atoms with van der Waals surface area (Å²) in [6.07, 6.45) is 7.15. The third-order valence-electron chi connectivity index (χ3n) is 8.41. The lowest BCUT2D eigenvalue weighted by atomic mass is 9.47. The van der Waals surface area contributed by atoms with Gasteiger partial charge >= 0.3 is 0 Å². The summed E-state index contributed by atoms with van der Waals surface area (Å²) >= 11 is 0. The third kappa shape index (κ3) is 4.76. The van der Waals surface area contributed by atoms with Gasteiger partial charge in [-0.15, -0.1) is 0 Å². The highest BCUT2D eigenvalue weighted by atomic mass is 16.2. The van der Waals surface area contributed by atoms with Crippen molar-refractivity contribution >= 4 is 11.8 Å². The van der Waals surface area contributed by atoms with Gasteiger partial charge in [0, 0.05) is 11.0 Å². The van der Waals surface area contributed by atoms with Crippen LogP contribution in [0, 0.1) is 23.2 Å². The second-order valence-electron chi connectivity index (χ2n) is 11.4. The van der Waals surface area contributed by atoms with Crippen LogP contribution in [0.3, 0.4) is 0 Å². The molecule has 0 aliphatic heterocycles. The van der Waals surface area contributed by atoms with Crippen molar-refractivity contribution in [3.63, 3.8) is 0 Å². The van der Waals surface area contributed by atoms with Crippen molar-refractivity contribution in [2.24, 2.45) is 23.2 Å². The number of likely N-dealkylation sites (N-methyl/N-ethyl adjacent to an activating group) is 1. The Morgan fingerprint density at radius 2 is 1.44 bits per heavy atom. The van der Waals surface area contributed by atoms with E-state index in [0.717, 1.165) is 54.7 Å². The normalized spacial score (nSPS) is 28.0. The van der Waals surface area contributed by atoms with E-state index in [1.165, 1.54) is 24.2 Å². The third-order valence-corrected chi connectivity index (χ3v) is 8.41.